The topological polar surface area (TPSA) is 9.23 Å². The highest BCUT2D eigenvalue weighted by molar-refractivity contribution is 9.09. The standard InChI is InChI=1S/C11H13BrO/c1-8(12)13-11-6-5-9-3-2-4-10(9)7-11/h5-8H,2-4H2,1H3. The van der Waals surface area contributed by atoms with E-state index in [4.69, 9.17) is 4.74 Å². The minimum atomic E-state index is 0.0898. The summed E-state index contributed by atoms with van der Waals surface area (Å²) in [4.78, 5) is 0. The number of aryl methyl sites for hydroxylation is 2. The van der Waals surface area contributed by atoms with Gasteiger partial charge in [-0.1, -0.05) is 6.07 Å². The molecule has 0 spiro atoms. The van der Waals surface area contributed by atoms with Crippen molar-refractivity contribution in [3.63, 3.8) is 0 Å². The van der Waals surface area contributed by atoms with Crippen LogP contribution in [0.25, 0.3) is 0 Å². The number of ether oxygens (including phenoxy) is 1. The van der Waals surface area contributed by atoms with Gasteiger partial charge in [-0.25, -0.2) is 0 Å². The molecule has 1 unspecified atom stereocenters. The van der Waals surface area contributed by atoms with Crippen LogP contribution in [0.2, 0.25) is 0 Å². The van der Waals surface area contributed by atoms with Gasteiger partial charge in [-0.15, -0.1) is 0 Å². The fraction of sp³-hybridized carbons (Fsp3) is 0.455. The predicted octanol–water partition coefficient (Wildman–Crippen LogP) is 3.30. The summed E-state index contributed by atoms with van der Waals surface area (Å²) in [5, 5.41) is 0.0898. The smallest absolute Gasteiger partial charge is 0.150 e. The Morgan fingerprint density at radius 2 is 2.08 bits per heavy atom. The molecule has 70 valence electrons. The van der Waals surface area contributed by atoms with Crippen molar-refractivity contribution in [1.29, 1.82) is 0 Å². The van der Waals surface area contributed by atoms with Crippen LogP contribution >= 0.6 is 15.9 Å². The molecule has 0 saturated heterocycles. The van der Waals surface area contributed by atoms with E-state index >= 15 is 0 Å². The molecule has 1 nitrogen and oxygen atoms in total. The fourth-order valence-corrected chi connectivity index (χ4v) is 2.02. The van der Waals surface area contributed by atoms with Gasteiger partial charge in [0.2, 0.25) is 0 Å². The van der Waals surface area contributed by atoms with Gasteiger partial charge in [-0.05, 0) is 65.4 Å². The molecular weight excluding hydrogens is 228 g/mol. The molecule has 0 aliphatic heterocycles. The van der Waals surface area contributed by atoms with E-state index in [2.05, 4.69) is 34.1 Å². The van der Waals surface area contributed by atoms with Crippen molar-refractivity contribution < 1.29 is 4.74 Å². The number of benzene rings is 1. The van der Waals surface area contributed by atoms with Crippen molar-refractivity contribution in [1.82, 2.24) is 0 Å². The Balaban J connectivity index is 2.21. The highest BCUT2D eigenvalue weighted by Crippen LogP contribution is 2.26. The van der Waals surface area contributed by atoms with E-state index in [-0.39, 0.29) is 5.01 Å². The van der Waals surface area contributed by atoms with Gasteiger partial charge in [0, 0.05) is 0 Å². The maximum Gasteiger partial charge on any atom is 0.150 e. The van der Waals surface area contributed by atoms with Gasteiger partial charge < -0.3 is 4.74 Å². The third kappa shape index (κ3) is 2.05. The molecule has 0 fully saturated rings. The minimum absolute atomic E-state index is 0.0898. The van der Waals surface area contributed by atoms with Crippen LogP contribution in [0.3, 0.4) is 0 Å². The molecule has 0 radical (unpaired) electrons. The lowest BCUT2D eigenvalue weighted by atomic mass is 10.1. The third-order valence-electron chi connectivity index (χ3n) is 2.37. The number of fused-ring (bicyclic) bond motifs is 1. The Kier molecular flexibility index (Phi) is 2.58. The maximum atomic E-state index is 5.56. The molecule has 1 aromatic carbocycles. The lowest BCUT2D eigenvalue weighted by molar-refractivity contribution is 0.314. The molecule has 1 aliphatic rings. The quantitative estimate of drug-likeness (QED) is 0.722. The van der Waals surface area contributed by atoms with Gasteiger partial charge >= 0.3 is 0 Å². The van der Waals surface area contributed by atoms with Crippen LogP contribution in [-0.2, 0) is 12.8 Å². The number of hydrogen-bond acceptors (Lipinski definition) is 1. The molecule has 1 atom stereocenters. The molecule has 0 N–H and O–H groups in total. The molecular formula is C11H13BrO. The number of rotatable bonds is 2. The van der Waals surface area contributed by atoms with E-state index < -0.39 is 0 Å². The van der Waals surface area contributed by atoms with Crippen LogP contribution in [0.1, 0.15) is 24.5 Å². The third-order valence-corrected chi connectivity index (χ3v) is 2.56. The first-order valence-electron chi connectivity index (χ1n) is 4.68. The molecule has 13 heavy (non-hydrogen) atoms. The molecule has 0 saturated carbocycles. The predicted molar refractivity (Wildman–Crippen MR) is 57.5 cm³/mol. The highest BCUT2D eigenvalue weighted by Gasteiger charge is 2.11. The van der Waals surface area contributed by atoms with E-state index in [1.165, 1.54) is 30.4 Å². The van der Waals surface area contributed by atoms with Crippen LogP contribution in [0.4, 0.5) is 0 Å². The largest absolute Gasteiger partial charge is 0.480 e. The summed E-state index contributed by atoms with van der Waals surface area (Å²) < 4.78 is 5.56. The number of halogens is 1. The zero-order valence-corrected chi connectivity index (χ0v) is 9.30. The first kappa shape index (κ1) is 9.07. The second kappa shape index (κ2) is 3.70. The van der Waals surface area contributed by atoms with Crippen molar-refractivity contribution >= 4 is 15.9 Å². The summed E-state index contributed by atoms with van der Waals surface area (Å²) in [6.45, 7) is 1.98. The lowest BCUT2D eigenvalue weighted by Crippen LogP contribution is -2.01. The van der Waals surface area contributed by atoms with Gasteiger partial charge in [-0.3, -0.25) is 0 Å². The van der Waals surface area contributed by atoms with Crippen LogP contribution in [0.5, 0.6) is 5.75 Å². The Hall–Kier alpha value is -0.500. The molecule has 0 aromatic heterocycles. The Morgan fingerprint density at radius 3 is 2.85 bits per heavy atom. The Bertz CT molecular complexity index is 307. The maximum absolute atomic E-state index is 5.56. The zero-order chi connectivity index (χ0) is 9.26. The molecule has 1 aromatic rings. The van der Waals surface area contributed by atoms with Crippen molar-refractivity contribution in [2.24, 2.45) is 0 Å². The van der Waals surface area contributed by atoms with Gasteiger partial charge in [-0.2, -0.15) is 0 Å². The van der Waals surface area contributed by atoms with Crippen LogP contribution < -0.4 is 4.74 Å². The second-order valence-corrected chi connectivity index (χ2v) is 4.73. The minimum Gasteiger partial charge on any atom is -0.480 e. The lowest BCUT2D eigenvalue weighted by Gasteiger charge is -2.09. The zero-order valence-electron chi connectivity index (χ0n) is 7.72. The van der Waals surface area contributed by atoms with E-state index in [0.29, 0.717) is 0 Å². The molecule has 2 rings (SSSR count). The fourth-order valence-electron chi connectivity index (χ4n) is 1.81. The van der Waals surface area contributed by atoms with Crippen LogP contribution in [0, 0.1) is 0 Å². The van der Waals surface area contributed by atoms with Gasteiger partial charge in [0.25, 0.3) is 0 Å². The molecule has 0 amide bonds. The number of hydrogen-bond donors (Lipinski definition) is 0. The second-order valence-electron chi connectivity index (χ2n) is 3.44. The average molecular weight is 241 g/mol. The van der Waals surface area contributed by atoms with E-state index in [1.807, 2.05) is 6.92 Å². The molecule has 0 heterocycles. The van der Waals surface area contributed by atoms with Crippen molar-refractivity contribution in [2.45, 2.75) is 31.2 Å². The monoisotopic (exact) mass is 240 g/mol. The summed E-state index contributed by atoms with van der Waals surface area (Å²) >= 11 is 3.37. The Morgan fingerprint density at radius 1 is 1.31 bits per heavy atom. The average Bonchev–Trinajstić information content (AvgIpc) is 2.49. The van der Waals surface area contributed by atoms with Crippen LogP contribution in [-0.4, -0.2) is 5.01 Å². The van der Waals surface area contributed by atoms with Gasteiger partial charge in [0.15, 0.2) is 5.01 Å². The summed E-state index contributed by atoms with van der Waals surface area (Å²) in [5.74, 6) is 0.977. The van der Waals surface area contributed by atoms with Gasteiger partial charge in [0.05, 0.1) is 0 Å². The number of alkyl halides is 1. The Labute approximate surface area is 87.2 Å². The van der Waals surface area contributed by atoms with Gasteiger partial charge in [0.1, 0.15) is 5.75 Å². The summed E-state index contributed by atoms with van der Waals surface area (Å²) in [5.41, 5.74) is 2.96. The highest BCUT2D eigenvalue weighted by atomic mass is 79.9. The molecule has 0 bridgehead atoms. The summed E-state index contributed by atoms with van der Waals surface area (Å²) in [6, 6.07) is 6.41. The van der Waals surface area contributed by atoms with E-state index in [1.54, 1.807) is 0 Å². The first-order valence-corrected chi connectivity index (χ1v) is 5.60. The van der Waals surface area contributed by atoms with Crippen LogP contribution in [0.15, 0.2) is 18.2 Å². The van der Waals surface area contributed by atoms with Crippen molar-refractivity contribution in [3.05, 3.63) is 29.3 Å². The van der Waals surface area contributed by atoms with Crippen molar-refractivity contribution in [2.75, 3.05) is 0 Å². The van der Waals surface area contributed by atoms with E-state index in [0.717, 1.165) is 5.75 Å². The van der Waals surface area contributed by atoms with E-state index in [9.17, 15) is 0 Å². The summed E-state index contributed by atoms with van der Waals surface area (Å²) in [7, 11) is 0. The molecule has 1 aliphatic carbocycles. The normalized spacial score (nSPS) is 16.8. The summed E-state index contributed by atoms with van der Waals surface area (Å²) in [6.07, 6.45) is 3.74. The SMILES string of the molecule is CC(Br)Oc1ccc2c(c1)CCC2. The first-order chi connectivity index (χ1) is 6.25. The molecule has 2 heteroatoms. The van der Waals surface area contributed by atoms with Crippen molar-refractivity contribution in [3.8, 4) is 5.75 Å².